The van der Waals surface area contributed by atoms with Gasteiger partial charge < -0.3 is 15.3 Å². The van der Waals surface area contributed by atoms with Gasteiger partial charge in [0.15, 0.2) is 0 Å². The van der Waals surface area contributed by atoms with Crippen molar-refractivity contribution in [3.63, 3.8) is 0 Å². The largest absolute Gasteiger partial charge is 0.392 e. The Balaban J connectivity index is 1.97. The summed E-state index contributed by atoms with van der Waals surface area (Å²) in [5.74, 6) is -0.378. The SMILES string of the molecule is CC(C)N1CC(C(=O)Nc2ccc(CO)cc2)CC1=O. The molecule has 2 amide bonds. The lowest BCUT2D eigenvalue weighted by Gasteiger charge is -2.20. The lowest BCUT2D eigenvalue weighted by molar-refractivity contribution is -0.129. The van der Waals surface area contributed by atoms with Crippen molar-refractivity contribution in [3.8, 4) is 0 Å². The number of hydrogen-bond donors (Lipinski definition) is 2. The zero-order chi connectivity index (χ0) is 14.7. The fourth-order valence-electron chi connectivity index (χ4n) is 2.34. The fraction of sp³-hybridized carbons (Fsp3) is 0.467. The van der Waals surface area contributed by atoms with Crippen LogP contribution in [0, 0.1) is 5.92 Å². The highest BCUT2D eigenvalue weighted by atomic mass is 16.3. The number of carbonyl (C=O) groups excluding carboxylic acids is 2. The number of rotatable bonds is 4. The third-order valence-corrected chi connectivity index (χ3v) is 3.56. The van der Waals surface area contributed by atoms with Crippen molar-refractivity contribution in [1.82, 2.24) is 4.90 Å². The molecule has 1 fully saturated rings. The van der Waals surface area contributed by atoms with E-state index < -0.39 is 0 Å². The van der Waals surface area contributed by atoms with Crippen LogP contribution in [0.2, 0.25) is 0 Å². The van der Waals surface area contributed by atoms with Crippen LogP contribution in [0.15, 0.2) is 24.3 Å². The minimum Gasteiger partial charge on any atom is -0.392 e. The highest BCUT2D eigenvalue weighted by molar-refractivity contribution is 5.97. The second-order valence-electron chi connectivity index (χ2n) is 5.39. The molecule has 1 atom stereocenters. The summed E-state index contributed by atoms with van der Waals surface area (Å²) < 4.78 is 0. The monoisotopic (exact) mass is 276 g/mol. The van der Waals surface area contributed by atoms with E-state index in [0.717, 1.165) is 5.56 Å². The minimum absolute atomic E-state index is 0.0191. The molecule has 5 nitrogen and oxygen atoms in total. The Hall–Kier alpha value is -1.88. The molecule has 2 rings (SSSR count). The molecule has 0 saturated carbocycles. The molecule has 5 heteroatoms. The summed E-state index contributed by atoms with van der Waals surface area (Å²) in [5, 5.41) is 11.8. The van der Waals surface area contributed by atoms with E-state index in [2.05, 4.69) is 5.32 Å². The van der Waals surface area contributed by atoms with Crippen LogP contribution in [0.25, 0.3) is 0 Å². The van der Waals surface area contributed by atoms with Gasteiger partial charge in [0.2, 0.25) is 11.8 Å². The molecule has 1 unspecified atom stereocenters. The van der Waals surface area contributed by atoms with Crippen molar-refractivity contribution in [2.45, 2.75) is 32.9 Å². The zero-order valence-electron chi connectivity index (χ0n) is 11.8. The Labute approximate surface area is 118 Å². The Morgan fingerprint density at radius 3 is 2.55 bits per heavy atom. The van der Waals surface area contributed by atoms with Crippen LogP contribution >= 0.6 is 0 Å². The number of nitrogens with one attached hydrogen (secondary N) is 1. The molecule has 1 aliphatic heterocycles. The molecule has 1 aromatic rings. The van der Waals surface area contributed by atoms with E-state index in [1.165, 1.54) is 0 Å². The Bertz CT molecular complexity index is 496. The highest BCUT2D eigenvalue weighted by Crippen LogP contribution is 2.22. The van der Waals surface area contributed by atoms with Gasteiger partial charge in [-0.2, -0.15) is 0 Å². The van der Waals surface area contributed by atoms with Gasteiger partial charge in [-0.1, -0.05) is 12.1 Å². The Morgan fingerprint density at radius 2 is 2.05 bits per heavy atom. The van der Waals surface area contributed by atoms with E-state index in [0.29, 0.717) is 12.2 Å². The molecule has 108 valence electrons. The number of carbonyl (C=O) groups is 2. The van der Waals surface area contributed by atoms with Crippen molar-refractivity contribution in [1.29, 1.82) is 0 Å². The quantitative estimate of drug-likeness (QED) is 0.872. The molecule has 0 radical (unpaired) electrons. The number of nitrogens with zero attached hydrogens (tertiary/aromatic N) is 1. The first-order valence-corrected chi connectivity index (χ1v) is 6.81. The summed E-state index contributed by atoms with van der Waals surface area (Å²) in [6.07, 6.45) is 0.277. The fourth-order valence-corrected chi connectivity index (χ4v) is 2.34. The Morgan fingerprint density at radius 1 is 1.40 bits per heavy atom. The lowest BCUT2D eigenvalue weighted by Crippen LogP contribution is -2.33. The summed E-state index contributed by atoms with van der Waals surface area (Å²) in [7, 11) is 0. The summed E-state index contributed by atoms with van der Waals surface area (Å²) in [6.45, 7) is 4.36. The van der Waals surface area contributed by atoms with Gasteiger partial charge in [-0.25, -0.2) is 0 Å². The van der Waals surface area contributed by atoms with Gasteiger partial charge in [0, 0.05) is 24.7 Å². The van der Waals surface area contributed by atoms with Crippen LogP contribution in [0.1, 0.15) is 25.8 Å². The summed E-state index contributed by atoms with van der Waals surface area (Å²) in [4.78, 5) is 25.7. The average molecular weight is 276 g/mol. The third-order valence-electron chi connectivity index (χ3n) is 3.56. The third kappa shape index (κ3) is 3.17. The van der Waals surface area contributed by atoms with E-state index in [-0.39, 0.29) is 36.8 Å². The Kier molecular flexibility index (Phi) is 4.39. The molecule has 0 aliphatic carbocycles. The molecule has 1 heterocycles. The lowest BCUT2D eigenvalue weighted by atomic mass is 10.1. The van der Waals surface area contributed by atoms with E-state index in [1.54, 1.807) is 29.2 Å². The first-order valence-electron chi connectivity index (χ1n) is 6.81. The molecule has 0 spiro atoms. The smallest absolute Gasteiger partial charge is 0.229 e. The van der Waals surface area contributed by atoms with E-state index in [4.69, 9.17) is 5.11 Å². The van der Waals surface area contributed by atoms with Gasteiger partial charge in [-0.15, -0.1) is 0 Å². The van der Waals surface area contributed by atoms with Gasteiger partial charge in [-0.05, 0) is 31.5 Å². The molecule has 0 aromatic heterocycles. The number of hydrogen-bond acceptors (Lipinski definition) is 3. The molecule has 1 saturated heterocycles. The number of anilines is 1. The average Bonchev–Trinajstić information content (AvgIpc) is 2.82. The highest BCUT2D eigenvalue weighted by Gasteiger charge is 2.35. The zero-order valence-corrected chi connectivity index (χ0v) is 11.8. The maximum atomic E-state index is 12.1. The topological polar surface area (TPSA) is 69.6 Å². The van der Waals surface area contributed by atoms with Crippen molar-refractivity contribution in [2.24, 2.45) is 5.92 Å². The minimum atomic E-state index is -0.289. The molecule has 20 heavy (non-hydrogen) atoms. The van der Waals surface area contributed by atoms with E-state index >= 15 is 0 Å². The number of amides is 2. The number of likely N-dealkylation sites (tertiary alicyclic amines) is 1. The van der Waals surface area contributed by atoms with Crippen LogP contribution in [0.5, 0.6) is 0 Å². The van der Waals surface area contributed by atoms with Crippen molar-refractivity contribution < 1.29 is 14.7 Å². The van der Waals surface area contributed by atoms with Crippen LogP contribution in [0.3, 0.4) is 0 Å². The molecule has 1 aromatic carbocycles. The summed E-state index contributed by atoms with van der Waals surface area (Å²) in [6, 6.07) is 7.15. The van der Waals surface area contributed by atoms with E-state index in [9.17, 15) is 9.59 Å². The summed E-state index contributed by atoms with van der Waals surface area (Å²) >= 11 is 0. The van der Waals surface area contributed by atoms with Gasteiger partial charge >= 0.3 is 0 Å². The second kappa shape index (κ2) is 6.05. The number of aliphatic hydroxyl groups is 1. The van der Waals surface area contributed by atoms with E-state index in [1.807, 2.05) is 13.8 Å². The number of benzene rings is 1. The predicted octanol–water partition coefficient (Wildman–Crippen LogP) is 1.37. The van der Waals surface area contributed by atoms with Crippen LogP contribution in [0.4, 0.5) is 5.69 Å². The van der Waals surface area contributed by atoms with Crippen LogP contribution in [-0.2, 0) is 16.2 Å². The maximum Gasteiger partial charge on any atom is 0.229 e. The van der Waals surface area contributed by atoms with Gasteiger partial charge in [-0.3, -0.25) is 9.59 Å². The second-order valence-corrected chi connectivity index (χ2v) is 5.39. The van der Waals surface area contributed by atoms with Crippen molar-refractivity contribution >= 4 is 17.5 Å². The van der Waals surface area contributed by atoms with Crippen LogP contribution in [-0.4, -0.2) is 34.4 Å². The number of aliphatic hydroxyl groups excluding tert-OH is 1. The normalized spacial score (nSPS) is 18.7. The molecule has 2 N–H and O–H groups in total. The standard InChI is InChI=1S/C15H20N2O3/c1-10(2)17-8-12(7-14(17)19)15(20)16-13-5-3-11(9-18)4-6-13/h3-6,10,12,18H,7-9H2,1-2H3,(H,16,20). The molecule has 1 aliphatic rings. The molecular formula is C15H20N2O3. The van der Waals surface area contributed by atoms with Crippen molar-refractivity contribution in [3.05, 3.63) is 29.8 Å². The first kappa shape index (κ1) is 14.5. The molecular weight excluding hydrogens is 256 g/mol. The van der Waals surface area contributed by atoms with Crippen molar-refractivity contribution in [2.75, 3.05) is 11.9 Å². The van der Waals surface area contributed by atoms with Crippen LogP contribution < -0.4 is 5.32 Å². The predicted molar refractivity (Wildman–Crippen MR) is 76.0 cm³/mol. The van der Waals surface area contributed by atoms with Gasteiger partial charge in [0.25, 0.3) is 0 Å². The molecule has 0 bridgehead atoms. The summed E-state index contributed by atoms with van der Waals surface area (Å²) in [5.41, 5.74) is 1.48. The van der Waals surface area contributed by atoms with Gasteiger partial charge in [0.05, 0.1) is 12.5 Å². The van der Waals surface area contributed by atoms with Gasteiger partial charge in [0.1, 0.15) is 0 Å². The first-order chi connectivity index (χ1) is 9.51. The maximum absolute atomic E-state index is 12.1.